The summed E-state index contributed by atoms with van der Waals surface area (Å²) in [5.74, 6) is -0.234. The average molecular weight is 366 g/mol. The molecule has 0 aliphatic carbocycles. The number of nitrogens with zero attached hydrogens (tertiary/aromatic N) is 1. The molecule has 1 aliphatic rings. The summed E-state index contributed by atoms with van der Waals surface area (Å²) < 4.78 is 13.5. The predicted octanol–water partition coefficient (Wildman–Crippen LogP) is 2.89. The summed E-state index contributed by atoms with van der Waals surface area (Å²) in [4.78, 5) is 14.2. The lowest BCUT2D eigenvalue weighted by atomic mass is 10.0. The highest BCUT2D eigenvalue weighted by Gasteiger charge is 2.25. The Morgan fingerprint density at radius 1 is 1.45 bits per heavy atom. The normalized spacial score (nSPS) is 18.6. The lowest BCUT2D eigenvalue weighted by molar-refractivity contribution is -0.133. The van der Waals surface area contributed by atoms with E-state index in [2.05, 4.69) is 15.9 Å². The molecule has 2 N–H and O–H groups in total. The Hall–Kier alpha value is -0.650. The Morgan fingerprint density at radius 2 is 2.20 bits per heavy atom. The molecule has 112 valence electrons. The van der Waals surface area contributed by atoms with E-state index in [1.54, 1.807) is 12.1 Å². The van der Waals surface area contributed by atoms with Gasteiger partial charge in [0.05, 0.1) is 10.9 Å². The van der Waals surface area contributed by atoms with Crippen LogP contribution in [0.2, 0.25) is 0 Å². The summed E-state index contributed by atoms with van der Waals surface area (Å²) in [7, 11) is 0. The molecule has 1 unspecified atom stereocenters. The highest BCUT2D eigenvalue weighted by molar-refractivity contribution is 9.10. The van der Waals surface area contributed by atoms with Crippen LogP contribution >= 0.6 is 28.3 Å². The number of hydrogen-bond donors (Lipinski definition) is 1. The van der Waals surface area contributed by atoms with E-state index < -0.39 is 0 Å². The third kappa shape index (κ3) is 4.17. The summed E-state index contributed by atoms with van der Waals surface area (Å²) in [6, 6.07) is 4.85. The fourth-order valence-corrected chi connectivity index (χ4v) is 2.93. The van der Waals surface area contributed by atoms with Crippen LogP contribution in [0.25, 0.3) is 0 Å². The first-order valence-corrected chi connectivity index (χ1v) is 7.34. The zero-order valence-electron chi connectivity index (χ0n) is 11.1. The van der Waals surface area contributed by atoms with E-state index in [1.165, 1.54) is 6.07 Å². The molecule has 0 saturated carbocycles. The van der Waals surface area contributed by atoms with Gasteiger partial charge in [0.15, 0.2) is 0 Å². The van der Waals surface area contributed by atoms with Gasteiger partial charge in [0.1, 0.15) is 5.82 Å². The fraction of sp³-hybridized carbons (Fsp3) is 0.500. The molecule has 1 atom stereocenters. The van der Waals surface area contributed by atoms with Gasteiger partial charge in [-0.05, 0) is 52.9 Å². The number of carbonyl (C=O) groups is 1. The number of carbonyl (C=O) groups excluding carboxylic acids is 1. The summed E-state index contributed by atoms with van der Waals surface area (Å²) in [5.41, 5.74) is 6.54. The highest BCUT2D eigenvalue weighted by Crippen LogP contribution is 2.20. The molecule has 0 aromatic heterocycles. The molecule has 1 aromatic rings. The van der Waals surface area contributed by atoms with E-state index in [1.807, 2.05) is 4.90 Å². The Kier molecular flexibility index (Phi) is 6.92. The fourth-order valence-electron chi connectivity index (χ4n) is 2.50. The minimum atomic E-state index is -0.311. The molecule has 2 rings (SSSR count). The number of rotatable bonds is 3. The van der Waals surface area contributed by atoms with E-state index in [9.17, 15) is 9.18 Å². The second-order valence-electron chi connectivity index (χ2n) is 4.90. The molecular weight excluding hydrogens is 347 g/mol. The summed E-state index contributed by atoms with van der Waals surface area (Å²) >= 11 is 3.14. The molecule has 0 bridgehead atoms. The van der Waals surface area contributed by atoms with Crippen LogP contribution in [0.1, 0.15) is 24.8 Å². The van der Waals surface area contributed by atoms with Crippen molar-refractivity contribution < 1.29 is 9.18 Å². The number of likely N-dealkylation sites (tertiary alicyclic amines) is 1. The summed E-state index contributed by atoms with van der Waals surface area (Å²) in [6.07, 6.45) is 3.45. The molecule has 6 heteroatoms. The Bertz CT molecular complexity index is 472. The van der Waals surface area contributed by atoms with Gasteiger partial charge in [-0.2, -0.15) is 0 Å². The van der Waals surface area contributed by atoms with Crippen molar-refractivity contribution in [3.63, 3.8) is 0 Å². The first kappa shape index (κ1) is 17.4. The molecular formula is C14H19BrClFN2O. The van der Waals surface area contributed by atoms with Crippen molar-refractivity contribution in [2.75, 3.05) is 13.1 Å². The zero-order valence-corrected chi connectivity index (χ0v) is 13.6. The average Bonchev–Trinajstić information content (AvgIpc) is 2.43. The molecule has 3 nitrogen and oxygen atoms in total. The molecule has 1 amide bonds. The quantitative estimate of drug-likeness (QED) is 0.895. The lowest BCUT2D eigenvalue weighted by Gasteiger charge is -2.35. The maximum absolute atomic E-state index is 13.1. The number of halogens is 3. The number of benzene rings is 1. The van der Waals surface area contributed by atoms with Crippen LogP contribution in [0.15, 0.2) is 22.7 Å². The summed E-state index contributed by atoms with van der Waals surface area (Å²) in [5, 5.41) is 0. The van der Waals surface area contributed by atoms with Crippen LogP contribution in [0.5, 0.6) is 0 Å². The topological polar surface area (TPSA) is 46.3 Å². The highest BCUT2D eigenvalue weighted by atomic mass is 79.9. The first-order valence-electron chi connectivity index (χ1n) is 6.55. The van der Waals surface area contributed by atoms with Crippen molar-refractivity contribution in [2.45, 2.75) is 31.7 Å². The zero-order chi connectivity index (χ0) is 13.8. The largest absolute Gasteiger partial charge is 0.338 e. The summed E-state index contributed by atoms with van der Waals surface area (Å²) in [6.45, 7) is 1.29. The maximum Gasteiger partial charge on any atom is 0.227 e. The van der Waals surface area contributed by atoms with Crippen LogP contribution in [-0.2, 0) is 11.2 Å². The standard InChI is InChI=1S/C14H18BrFN2O.ClH/c15-12-7-10(4-5-13(12)16)8-14(19)18-6-2-1-3-11(18)9-17;/h4-5,7,11H,1-3,6,8-9,17H2;1H. The molecule has 20 heavy (non-hydrogen) atoms. The van der Waals surface area contributed by atoms with E-state index in [0.717, 1.165) is 31.4 Å². The Balaban J connectivity index is 0.00000200. The lowest BCUT2D eigenvalue weighted by Crippen LogP contribution is -2.48. The third-order valence-corrected chi connectivity index (χ3v) is 4.17. The van der Waals surface area contributed by atoms with Crippen molar-refractivity contribution in [3.05, 3.63) is 34.1 Å². The van der Waals surface area contributed by atoms with Crippen LogP contribution in [-0.4, -0.2) is 29.9 Å². The van der Waals surface area contributed by atoms with Gasteiger partial charge in [0.2, 0.25) is 5.91 Å². The number of amides is 1. The molecule has 0 radical (unpaired) electrons. The van der Waals surface area contributed by atoms with Crippen LogP contribution in [0, 0.1) is 5.82 Å². The van der Waals surface area contributed by atoms with E-state index in [4.69, 9.17) is 5.73 Å². The minimum absolute atomic E-state index is 0. The van der Waals surface area contributed by atoms with Crippen LogP contribution in [0.4, 0.5) is 4.39 Å². The van der Waals surface area contributed by atoms with E-state index in [-0.39, 0.29) is 30.2 Å². The molecule has 1 aliphatic heterocycles. The van der Waals surface area contributed by atoms with Gasteiger partial charge in [-0.3, -0.25) is 4.79 Å². The van der Waals surface area contributed by atoms with Gasteiger partial charge in [0.25, 0.3) is 0 Å². The van der Waals surface area contributed by atoms with Gasteiger partial charge in [-0.15, -0.1) is 12.4 Å². The van der Waals surface area contributed by atoms with Gasteiger partial charge < -0.3 is 10.6 Å². The molecule has 1 fully saturated rings. The van der Waals surface area contributed by atoms with Gasteiger partial charge in [0, 0.05) is 19.1 Å². The van der Waals surface area contributed by atoms with Gasteiger partial charge in [-0.25, -0.2) is 4.39 Å². The third-order valence-electron chi connectivity index (χ3n) is 3.56. The first-order chi connectivity index (χ1) is 9.11. The number of nitrogens with two attached hydrogens (primary N) is 1. The SMILES string of the molecule is Cl.NCC1CCCCN1C(=O)Cc1ccc(F)c(Br)c1. The molecule has 1 saturated heterocycles. The second kappa shape index (κ2) is 7.96. The molecule has 1 aromatic carbocycles. The number of hydrogen-bond acceptors (Lipinski definition) is 2. The van der Waals surface area contributed by atoms with Gasteiger partial charge >= 0.3 is 0 Å². The predicted molar refractivity (Wildman–Crippen MR) is 83.5 cm³/mol. The van der Waals surface area contributed by atoms with E-state index >= 15 is 0 Å². The smallest absolute Gasteiger partial charge is 0.227 e. The second-order valence-corrected chi connectivity index (χ2v) is 5.75. The number of piperidine rings is 1. The monoisotopic (exact) mass is 364 g/mol. The molecule has 1 heterocycles. The Labute approximate surface area is 133 Å². The van der Waals surface area contributed by atoms with Crippen molar-refractivity contribution in [1.82, 2.24) is 4.90 Å². The van der Waals surface area contributed by atoms with E-state index in [0.29, 0.717) is 17.4 Å². The van der Waals surface area contributed by atoms with Crippen LogP contribution < -0.4 is 5.73 Å². The Morgan fingerprint density at radius 3 is 2.85 bits per heavy atom. The van der Waals surface area contributed by atoms with Crippen molar-refractivity contribution in [3.8, 4) is 0 Å². The van der Waals surface area contributed by atoms with Gasteiger partial charge in [-0.1, -0.05) is 6.07 Å². The maximum atomic E-state index is 13.1. The van der Waals surface area contributed by atoms with Crippen LogP contribution in [0.3, 0.4) is 0 Å². The minimum Gasteiger partial charge on any atom is -0.338 e. The van der Waals surface area contributed by atoms with Crippen molar-refractivity contribution in [2.24, 2.45) is 5.73 Å². The van der Waals surface area contributed by atoms with Crippen molar-refractivity contribution in [1.29, 1.82) is 0 Å². The molecule has 0 spiro atoms. The van der Waals surface area contributed by atoms with Crippen molar-refractivity contribution >= 4 is 34.2 Å².